The summed E-state index contributed by atoms with van der Waals surface area (Å²) in [6.45, 7) is 4.09. The Kier molecular flexibility index (Phi) is 4.10. The molecular weight excluding hydrogens is 287 g/mol. The highest BCUT2D eigenvalue weighted by atomic mass is 35.5. The number of benzene rings is 1. The molecule has 4 heteroatoms. The lowest BCUT2D eigenvalue weighted by Crippen LogP contribution is -2.03. The van der Waals surface area contributed by atoms with Gasteiger partial charge >= 0.3 is 0 Å². The lowest BCUT2D eigenvalue weighted by Gasteiger charge is -2.04. The van der Waals surface area contributed by atoms with E-state index in [1.165, 1.54) is 22.5 Å². The van der Waals surface area contributed by atoms with Gasteiger partial charge in [-0.05, 0) is 36.6 Å². The summed E-state index contributed by atoms with van der Waals surface area (Å²) in [5.41, 5.74) is 3.93. The molecule has 2 aromatic rings. The largest absolute Gasteiger partial charge is 0.294 e. The fourth-order valence-corrected chi connectivity index (χ4v) is 3.22. The van der Waals surface area contributed by atoms with Gasteiger partial charge in [0.25, 0.3) is 0 Å². The van der Waals surface area contributed by atoms with Crippen molar-refractivity contribution >= 4 is 40.3 Å². The van der Waals surface area contributed by atoms with Gasteiger partial charge in [0.05, 0.1) is 4.34 Å². The Labute approximate surface area is 120 Å². The molecule has 2 rings (SSSR count). The molecule has 0 atom stereocenters. The standard InChI is InChI=1S/C14H12Cl2OS/c1-8-3-4-10(5-9(8)2)6-12(17)11-7-13(15)18-14(11)16/h3-5,7H,6H2,1-2H3. The van der Waals surface area contributed by atoms with Crippen LogP contribution in [0.25, 0.3) is 0 Å². The summed E-state index contributed by atoms with van der Waals surface area (Å²) in [5.74, 6) is 0.00593. The fraction of sp³-hybridized carbons (Fsp3) is 0.214. The van der Waals surface area contributed by atoms with E-state index in [1.54, 1.807) is 6.07 Å². The first-order valence-corrected chi connectivity index (χ1v) is 7.09. The zero-order valence-electron chi connectivity index (χ0n) is 10.1. The Morgan fingerprint density at radius 3 is 2.44 bits per heavy atom. The third-order valence-corrected chi connectivity index (χ3v) is 4.38. The Hall–Kier alpha value is -0.830. The van der Waals surface area contributed by atoms with Gasteiger partial charge in [-0.25, -0.2) is 0 Å². The minimum atomic E-state index is 0.00593. The van der Waals surface area contributed by atoms with Crippen molar-refractivity contribution in [3.63, 3.8) is 0 Å². The Bertz CT molecular complexity index is 602. The van der Waals surface area contributed by atoms with E-state index in [2.05, 4.69) is 6.92 Å². The summed E-state index contributed by atoms with van der Waals surface area (Å²) in [6.07, 6.45) is 0.355. The van der Waals surface area contributed by atoms with Crippen molar-refractivity contribution in [2.45, 2.75) is 20.3 Å². The van der Waals surface area contributed by atoms with Crippen LogP contribution in [-0.2, 0) is 6.42 Å². The van der Waals surface area contributed by atoms with E-state index in [0.29, 0.717) is 20.7 Å². The molecule has 0 fully saturated rings. The average Bonchev–Trinajstić information content (AvgIpc) is 2.63. The lowest BCUT2D eigenvalue weighted by molar-refractivity contribution is 0.0993. The van der Waals surface area contributed by atoms with E-state index < -0.39 is 0 Å². The highest BCUT2D eigenvalue weighted by Gasteiger charge is 2.14. The van der Waals surface area contributed by atoms with Crippen LogP contribution in [0.2, 0.25) is 8.67 Å². The Morgan fingerprint density at radius 1 is 1.17 bits per heavy atom. The first-order valence-electron chi connectivity index (χ1n) is 5.51. The molecule has 0 saturated heterocycles. The van der Waals surface area contributed by atoms with Gasteiger partial charge < -0.3 is 0 Å². The lowest BCUT2D eigenvalue weighted by atomic mass is 10.0. The monoisotopic (exact) mass is 298 g/mol. The number of aryl methyl sites for hydroxylation is 2. The number of carbonyl (C=O) groups is 1. The van der Waals surface area contributed by atoms with Crippen LogP contribution in [0.5, 0.6) is 0 Å². The zero-order chi connectivity index (χ0) is 13.3. The Morgan fingerprint density at radius 2 is 1.89 bits per heavy atom. The van der Waals surface area contributed by atoms with Gasteiger partial charge in [0.1, 0.15) is 4.34 Å². The van der Waals surface area contributed by atoms with Crippen LogP contribution >= 0.6 is 34.5 Å². The van der Waals surface area contributed by atoms with Gasteiger partial charge in [0, 0.05) is 12.0 Å². The number of hydrogen-bond acceptors (Lipinski definition) is 2. The summed E-state index contributed by atoms with van der Waals surface area (Å²) in [7, 11) is 0. The molecular formula is C14H12Cl2OS. The second-order valence-corrected chi connectivity index (χ2v) is 6.54. The fourth-order valence-electron chi connectivity index (χ4n) is 1.72. The summed E-state index contributed by atoms with van der Waals surface area (Å²) < 4.78 is 1.01. The molecule has 18 heavy (non-hydrogen) atoms. The number of hydrogen-bond donors (Lipinski definition) is 0. The summed E-state index contributed by atoms with van der Waals surface area (Å²) in [4.78, 5) is 12.1. The van der Waals surface area contributed by atoms with Crippen LogP contribution < -0.4 is 0 Å². The molecule has 0 saturated carbocycles. The van der Waals surface area contributed by atoms with Crippen molar-refractivity contribution in [2.75, 3.05) is 0 Å². The maximum atomic E-state index is 12.1. The van der Waals surface area contributed by atoms with E-state index in [9.17, 15) is 4.79 Å². The molecule has 0 aliphatic heterocycles. The summed E-state index contributed by atoms with van der Waals surface area (Å²) in [6, 6.07) is 7.68. The number of carbonyl (C=O) groups excluding carboxylic acids is 1. The number of rotatable bonds is 3. The predicted octanol–water partition coefficient (Wildman–Crippen LogP) is 5.10. The van der Waals surface area contributed by atoms with Crippen LogP contribution in [0.3, 0.4) is 0 Å². The molecule has 0 bridgehead atoms. The van der Waals surface area contributed by atoms with E-state index in [1.807, 2.05) is 25.1 Å². The van der Waals surface area contributed by atoms with Crippen molar-refractivity contribution in [3.05, 3.63) is 55.2 Å². The third kappa shape index (κ3) is 2.94. The smallest absolute Gasteiger partial charge is 0.169 e. The molecule has 1 nitrogen and oxygen atoms in total. The quantitative estimate of drug-likeness (QED) is 0.721. The van der Waals surface area contributed by atoms with Crippen molar-refractivity contribution in [2.24, 2.45) is 0 Å². The molecule has 0 radical (unpaired) electrons. The van der Waals surface area contributed by atoms with Crippen molar-refractivity contribution in [3.8, 4) is 0 Å². The van der Waals surface area contributed by atoms with Gasteiger partial charge in [0.15, 0.2) is 5.78 Å². The van der Waals surface area contributed by atoms with E-state index in [0.717, 1.165) is 5.56 Å². The minimum absolute atomic E-state index is 0.00593. The minimum Gasteiger partial charge on any atom is -0.294 e. The first kappa shape index (κ1) is 13.6. The third-order valence-electron chi connectivity index (χ3n) is 2.89. The molecule has 0 aliphatic carbocycles. The molecule has 0 aliphatic rings. The van der Waals surface area contributed by atoms with Gasteiger partial charge in [0.2, 0.25) is 0 Å². The van der Waals surface area contributed by atoms with E-state index in [-0.39, 0.29) is 5.78 Å². The summed E-state index contributed by atoms with van der Waals surface area (Å²) >= 11 is 13.0. The molecule has 1 heterocycles. The molecule has 0 unspecified atom stereocenters. The zero-order valence-corrected chi connectivity index (χ0v) is 12.4. The maximum Gasteiger partial charge on any atom is 0.169 e. The molecule has 0 N–H and O–H groups in total. The SMILES string of the molecule is Cc1ccc(CC(=O)c2cc(Cl)sc2Cl)cc1C. The average molecular weight is 299 g/mol. The van der Waals surface area contributed by atoms with Gasteiger partial charge in [-0.3, -0.25) is 4.79 Å². The molecule has 1 aromatic carbocycles. The predicted molar refractivity (Wildman–Crippen MR) is 78.3 cm³/mol. The molecule has 94 valence electrons. The number of ketones is 1. The number of Topliss-reactive ketones (excluding diaryl/α,β-unsaturated/α-hetero) is 1. The number of thiophene rings is 1. The van der Waals surface area contributed by atoms with Crippen LogP contribution in [0, 0.1) is 13.8 Å². The van der Waals surface area contributed by atoms with Gasteiger partial charge in [-0.2, -0.15) is 0 Å². The van der Waals surface area contributed by atoms with E-state index in [4.69, 9.17) is 23.2 Å². The first-order chi connectivity index (χ1) is 8.47. The second kappa shape index (κ2) is 5.43. The second-order valence-electron chi connectivity index (χ2n) is 4.26. The van der Waals surface area contributed by atoms with E-state index >= 15 is 0 Å². The van der Waals surface area contributed by atoms with Crippen molar-refractivity contribution in [1.29, 1.82) is 0 Å². The van der Waals surface area contributed by atoms with Crippen molar-refractivity contribution in [1.82, 2.24) is 0 Å². The highest BCUT2D eigenvalue weighted by molar-refractivity contribution is 7.20. The molecule has 1 aromatic heterocycles. The van der Waals surface area contributed by atoms with Crippen LogP contribution in [-0.4, -0.2) is 5.78 Å². The van der Waals surface area contributed by atoms with Crippen LogP contribution in [0.4, 0.5) is 0 Å². The Balaban J connectivity index is 2.21. The summed E-state index contributed by atoms with van der Waals surface area (Å²) in [5, 5.41) is 0. The molecule has 0 amide bonds. The van der Waals surface area contributed by atoms with Crippen molar-refractivity contribution < 1.29 is 4.79 Å². The maximum absolute atomic E-state index is 12.1. The van der Waals surface area contributed by atoms with Gasteiger partial charge in [-0.15, -0.1) is 11.3 Å². The van der Waals surface area contributed by atoms with Gasteiger partial charge in [-0.1, -0.05) is 41.4 Å². The normalized spacial score (nSPS) is 10.7. The van der Waals surface area contributed by atoms with Crippen LogP contribution in [0.1, 0.15) is 27.0 Å². The number of halogens is 2. The van der Waals surface area contributed by atoms with Crippen LogP contribution in [0.15, 0.2) is 24.3 Å². The highest BCUT2D eigenvalue weighted by Crippen LogP contribution is 2.32. The topological polar surface area (TPSA) is 17.1 Å². The molecule has 0 spiro atoms.